The van der Waals surface area contributed by atoms with Crippen LogP contribution >= 0.6 is 11.6 Å². The maximum absolute atomic E-state index is 12.5. The number of benzene rings is 1. The van der Waals surface area contributed by atoms with Crippen LogP contribution in [0.15, 0.2) is 24.3 Å². The molecule has 0 aromatic heterocycles. The Bertz CT molecular complexity index is 709. The minimum Gasteiger partial charge on any atom is -0.339 e. The Morgan fingerprint density at radius 2 is 1.38 bits per heavy atom. The quantitative estimate of drug-likeness (QED) is 0.566. The molecule has 138 valence electrons. The smallest absolute Gasteiger partial charge is 0.262 e. The van der Waals surface area contributed by atoms with Gasteiger partial charge in [-0.05, 0) is 18.6 Å². The van der Waals surface area contributed by atoms with Crippen LogP contribution in [0, 0.1) is 0 Å². The first-order valence-electron chi connectivity index (χ1n) is 8.59. The number of imide groups is 1. The fourth-order valence-electron chi connectivity index (χ4n) is 3.20. The molecule has 0 atom stereocenters. The van der Waals surface area contributed by atoms with Crippen molar-refractivity contribution >= 4 is 35.2 Å². The van der Waals surface area contributed by atoms with Crippen LogP contribution in [0.25, 0.3) is 0 Å². The number of carbonyl (C=O) groups is 4. The summed E-state index contributed by atoms with van der Waals surface area (Å²) in [5, 5.41) is 0. The fraction of sp³-hybridized carbons (Fsp3) is 0.444. The van der Waals surface area contributed by atoms with Crippen molar-refractivity contribution in [3.05, 3.63) is 35.4 Å². The lowest BCUT2D eigenvalue weighted by molar-refractivity contribution is -0.139. The third-order valence-corrected chi connectivity index (χ3v) is 4.95. The number of piperazine rings is 1. The second-order valence-electron chi connectivity index (χ2n) is 6.30. The van der Waals surface area contributed by atoms with Crippen molar-refractivity contribution in [3.63, 3.8) is 0 Å². The molecule has 2 aliphatic heterocycles. The average Bonchev–Trinajstić information content (AvgIpc) is 2.91. The van der Waals surface area contributed by atoms with Gasteiger partial charge in [-0.2, -0.15) is 0 Å². The van der Waals surface area contributed by atoms with Gasteiger partial charge in [0.25, 0.3) is 11.8 Å². The summed E-state index contributed by atoms with van der Waals surface area (Å²) in [7, 11) is 0. The van der Waals surface area contributed by atoms with Crippen molar-refractivity contribution in [1.29, 1.82) is 0 Å². The maximum Gasteiger partial charge on any atom is 0.262 e. The number of carbonyl (C=O) groups excluding carboxylic acids is 4. The first kappa shape index (κ1) is 18.4. The van der Waals surface area contributed by atoms with E-state index < -0.39 is 11.8 Å². The first-order valence-corrected chi connectivity index (χ1v) is 9.13. The van der Waals surface area contributed by atoms with Gasteiger partial charge < -0.3 is 9.80 Å². The largest absolute Gasteiger partial charge is 0.339 e. The van der Waals surface area contributed by atoms with E-state index >= 15 is 0 Å². The zero-order valence-corrected chi connectivity index (χ0v) is 15.1. The molecule has 1 aromatic carbocycles. The molecular weight excluding hydrogens is 358 g/mol. The number of fused-ring (bicyclic) bond motifs is 1. The molecule has 0 spiro atoms. The summed E-state index contributed by atoms with van der Waals surface area (Å²) < 4.78 is 0. The predicted octanol–water partition coefficient (Wildman–Crippen LogP) is 0.972. The first-order chi connectivity index (χ1) is 12.5. The molecule has 1 fully saturated rings. The molecule has 4 amide bonds. The number of halogens is 1. The van der Waals surface area contributed by atoms with E-state index in [2.05, 4.69) is 0 Å². The lowest BCUT2D eigenvalue weighted by atomic mass is 10.1. The predicted molar refractivity (Wildman–Crippen MR) is 94.9 cm³/mol. The lowest BCUT2D eigenvalue weighted by Gasteiger charge is -2.35. The Kier molecular flexibility index (Phi) is 5.56. The van der Waals surface area contributed by atoms with Gasteiger partial charge in [0, 0.05) is 38.5 Å². The van der Waals surface area contributed by atoms with Crippen molar-refractivity contribution in [2.75, 3.05) is 38.6 Å². The molecule has 1 aromatic rings. The Balaban J connectivity index is 1.55. The van der Waals surface area contributed by atoms with Gasteiger partial charge in [-0.1, -0.05) is 12.1 Å². The summed E-state index contributed by atoms with van der Waals surface area (Å²) in [6.45, 7) is 1.43. The molecule has 0 saturated carbocycles. The third-order valence-electron chi connectivity index (χ3n) is 4.68. The van der Waals surface area contributed by atoms with Gasteiger partial charge in [-0.15, -0.1) is 11.6 Å². The topological polar surface area (TPSA) is 78.0 Å². The van der Waals surface area contributed by atoms with Crippen LogP contribution in [-0.2, 0) is 9.59 Å². The average molecular weight is 378 g/mol. The van der Waals surface area contributed by atoms with E-state index in [9.17, 15) is 19.2 Å². The molecular formula is C18H20ClN3O4. The highest BCUT2D eigenvalue weighted by Crippen LogP contribution is 2.22. The van der Waals surface area contributed by atoms with Crippen molar-refractivity contribution in [1.82, 2.24) is 14.7 Å². The maximum atomic E-state index is 12.5. The zero-order chi connectivity index (χ0) is 18.7. The number of hydrogen-bond donors (Lipinski definition) is 0. The Morgan fingerprint density at radius 3 is 1.88 bits per heavy atom. The standard InChI is InChI=1S/C18H20ClN3O4/c19-7-3-6-15(23)20-8-10-21(11-9-20)16(24)12-22-17(25)13-4-1-2-5-14(13)18(22)26/h1-2,4-5H,3,6-12H2. The second kappa shape index (κ2) is 7.86. The number of rotatable bonds is 5. The molecule has 26 heavy (non-hydrogen) atoms. The van der Waals surface area contributed by atoms with Crippen LogP contribution < -0.4 is 0 Å². The van der Waals surface area contributed by atoms with Crippen LogP contribution in [0.4, 0.5) is 0 Å². The summed E-state index contributed by atoms with van der Waals surface area (Å²) in [4.78, 5) is 53.5. The van der Waals surface area contributed by atoms with E-state index in [1.807, 2.05) is 0 Å². The molecule has 2 aliphatic rings. The van der Waals surface area contributed by atoms with Gasteiger partial charge in [0.1, 0.15) is 6.54 Å². The minimum atomic E-state index is -0.436. The lowest BCUT2D eigenvalue weighted by Crippen LogP contribution is -2.53. The van der Waals surface area contributed by atoms with Gasteiger partial charge in [0.15, 0.2) is 0 Å². The summed E-state index contributed by atoms with van der Waals surface area (Å²) in [6, 6.07) is 6.56. The van der Waals surface area contributed by atoms with E-state index in [1.165, 1.54) is 0 Å². The van der Waals surface area contributed by atoms with Crippen LogP contribution in [-0.4, -0.2) is 76.9 Å². The number of nitrogens with zero attached hydrogens (tertiary/aromatic N) is 3. The number of hydrogen-bond acceptors (Lipinski definition) is 4. The SMILES string of the molecule is O=C(CCCCl)N1CCN(C(=O)CN2C(=O)c3ccccc3C2=O)CC1. The molecule has 0 aliphatic carbocycles. The number of amides is 4. The Labute approximate surface area is 156 Å². The van der Waals surface area contributed by atoms with E-state index in [4.69, 9.17) is 11.6 Å². The molecule has 7 nitrogen and oxygen atoms in total. The van der Waals surface area contributed by atoms with Gasteiger partial charge in [0.05, 0.1) is 11.1 Å². The molecule has 0 N–H and O–H groups in total. The van der Waals surface area contributed by atoms with Crippen LogP contribution in [0.5, 0.6) is 0 Å². The third kappa shape index (κ3) is 3.58. The van der Waals surface area contributed by atoms with E-state index in [1.54, 1.807) is 34.1 Å². The van der Waals surface area contributed by atoms with Gasteiger partial charge in [-0.25, -0.2) is 0 Å². The monoisotopic (exact) mass is 377 g/mol. The van der Waals surface area contributed by atoms with Crippen molar-refractivity contribution < 1.29 is 19.2 Å². The highest BCUT2D eigenvalue weighted by molar-refractivity contribution is 6.22. The molecule has 2 heterocycles. The van der Waals surface area contributed by atoms with Crippen LogP contribution in [0.2, 0.25) is 0 Å². The summed E-state index contributed by atoms with van der Waals surface area (Å²) in [5.41, 5.74) is 0.667. The number of alkyl halides is 1. The minimum absolute atomic E-state index is 0.0399. The Morgan fingerprint density at radius 1 is 0.885 bits per heavy atom. The van der Waals surface area contributed by atoms with Crippen LogP contribution in [0.3, 0.4) is 0 Å². The zero-order valence-electron chi connectivity index (χ0n) is 14.3. The molecule has 0 unspecified atom stereocenters. The Hall–Kier alpha value is -2.41. The molecule has 1 saturated heterocycles. The summed E-state index contributed by atoms with van der Waals surface area (Å²) in [6.07, 6.45) is 1.05. The van der Waals surface area contributed by atoms with E-state index in [0.717, 1.165) is 4.90 Å². The van der Waals surface area contributed by atoms with Crippen LogP contribution in [0.1, 0.15) is 33.6 Å². The van der Waals surface area contributed by atoms with E-state index in [-0.39, 0.29) is 18.4 Å². The fourth-order valence-corrected chi connectivity index (χ4v) is 3.33. The molecule has 3 rings (SSSR count). The van der Waals surface area contributed by atoms with Gasteiger partial charge >= 0.3 is 0 Å². The van der Waals surface area contributed by atoms with Gasteiger partial charge in [0.2, 0.25) is 11.8 Å². The summed E-state index contributed by atoms with van der Waals surface area (Å²) in [5.74, 6) is -0.669. The molecule has 0 radical (unpaired) electrons. The highest BCUT2D eigenvalue weighted by Gasteiger charge is 2.37. The van der Waals surface area contributed by atoms with Crippen molar-refractivity contribution in [2.45, 2.75) is 12.8 Å². The summed E-state index contributed by atoms with van der Waals surface area (Å²) >= 11 is 5.60. The highest BCUT2D eigenvalue weighted by atomic mass is 35.5. The van der Waals surface area contributed by atoms with Crippen molar-refractivity contribution in [2.24, 2.45) is 0 Å². The van der Waals surface area contributed by atoms with Crippen molar-refractivity contribution in [3.8, 4) is 0 Å². The van der Waals surface area contributed by atoms with E-state index in [0.29, 0.717) is 56.0 Å². The molecule has 8 heteroatoms. The normalized spacial score (nSPS) is 16.9. The molecule has 0 bridgehead atoms. The van der Waals surface area contributed by atoms with Gasteiger partial charge in [-0.3, -0.25) is 24.1 Å². The second-order valence-corrected chi connectivity index (χ2v) is 6.67.